The van der Waals surface area contributed by atoms with Crippen molar-refractivity contribution in [1.29, 1.82) is 0 Å². The molecule has 1 fully saturated rings. The maximum Gasteiger partial charge on any atom is 0.271 e. The molecule has 5 rings (SSSR count). The number of fused-ring (bicyclic) bond motifs is 1. The van der Waals surface area contributed by atoms with E-state index in [2.05, 4.69) is 9.97 Å². The largest absolute Gasteiger partial charge is 0.494 e. The number of rotatable bonds is 10. The Morgan fingerprint density at radius 3 is 2.18 bits per heavy atom. The molecule has 2 heterocycles. The number of hydrogen-bond donors (Lipinski definition) is 1. The highest BCUT2D eigenvalue weighted by Crippen LogP contribution is 2.49. The first-order chi connectivity index (χ1) is 18.7. The summed E-state index contributed by atoms with van der Waals surface area (Å²) < 4.78 is 39.1. The van der Waals surface area contributed by atoms with Crippen LogP contribution in [-0.2, 0) is 22.4 Å². The molecule has 8 nitrogen and oxygen atoms in total. The third kappa shape index (κ3) is 5.18. The predicted molar refractivity (Wildman–Crippen MR) is 137 cm³/mol. The molecular weight excluding hydrogens is 508 g/mol. The van der Waals surface area contributed by atoms with Crippen LogP contribution >= 0.6 is 0 Å². The number of ketones is 2. The highest BCUT2D eigenvalue weighted by molar-refractivity contribution is 6.11. The number of halogens is 2. The molecule has 0 radical (unpaired) electrons. The van der Waals surface area contributed by atoms with E-state index in [0.717, 1.165) is 0 Å². The molecule has 1 aliphatic rings. The van der Waals surface area contributed by atoms with E-state index in [-0.39, 0.29) is 52.9 Å². The van der Waals surface area contributed by atoms with Crippen LogP contribution in [0.25, 0.3) is 11.0 Å². The molecule has 2 aromatic heterocycles. The number of amides is 1. The molecule has 0 unspecified atom stereocenters. The fourth-order valence-corrected chi connectivity index (χ4v) is 4.45. The van der Waals surface area contributed by atoms with E-state index in [1.165, 1.54) is 61.8 Å². The second kappa shape index (κ2) is 10.2. The van der Waals surface area contributed by atoms with Crippen LogP contribution in [0, 0.1) is 17.0 Å². The van der Waals surface area contributed by atoms with Gasteiger partial charge in [-0.3, -0.25) is 19.4 Å². The van der Waals surface area contributed by atoms with E-state index in [4.69, 9.17) is 15.2 Å². The Balaban J connectivity index is 1.32. The summed E-state index contributed by atoms with van der Waals surface area (Å²) in [4.78, 5) is 46.1. The summed E-state index contributed by atoms with van der Waals surface area (Å²) in [5.41, 5.74) is 5.74. The summed E-state index contributed by atoms with van der Waals surface area (Å²) in [6.45, 7) is 0. The van der Waals surface area contributed by atoms with Gasteiger partial charge in [0.15, 0.2) is 40.3 Å². The Labute approximate surface area is 221 Å². The molecule has 198 valence electrons. The lowest BCUT2D eigenvalue weighted by atomic mass is 9.88. The zero-order valence-corrected chi connectivity index (χ0v) is 20.9. The summed E-state index contributed by atoms with van der Waals surface area (Å²) in [5.74, 6) is -2.29. The van der Waals surface area contributed by atoms with Crippen LogP contribution in [0.15, 0.2) is 60.8 Å². The van der Waals surface area contributed by atoms with Crippen LogP contribution in [0.2, 0.25) is 0 Å². The topological polar surface area (TPSA) is 121 Å². The average molecular weight is 532 g/mol. The molecule has 0 atom stereocenters. The number of primary amides is 1. The van der Waals surface area contributed by atoms with Crippen molar-refractivity contribution in [3.05, 3.63) is 89.2 Å². The number of carbonyl (C=O) groups is 3. The summed E-state index contributed by atoms with van der Waals surface area (Å²) in [6.07, 6.45) is 2.23. The number of nitrogens with zero attached hydrogens (tertiary/aromatic N) is 2. The fraction of sp³-hybridized carbons (Fsp3) is 0.207. The summed E-state index contributed by atoms with van der Waals surface area (Å²) in [7, 11) is 1.36. The van der Waals surface area contributed by atoms with Crippen molar-refractivity contribution in [2.24, 2.45) is 11.1 Å². The van der Waals surface area contributed by atoms with Gasteiger partial charge in [0.05, 0.1) is 18.0 Å². The normalized spacial score (nSPS) is 13.6. The molecule has 0 aliphatic heterocycles. The quantitative estimate of drug-likeness (QED) is 0.299. The molecule has 0 saturated heterocycles. The second-order valence-electron chi connectivity index (χ2n) is 9.36. The van der Waals surface area contributed by atoms with E-state index in [0.29, 0.717) is 29.5 Å². The lowest BCUT2D eigenvalue weighted by Gasteiger charge is -2.14. The monoisotopic (exact) mass is 531 g/mol. The van der Waals surface area contributed by atoms with Gasteiger partial charge in [0.25, 0.3) is 5.91 Å². The van der Waals surface area contributed by atoms with E-state index < -0.39 is 23.0 Å². The van der Waals surface area contributed by atoms with Crippen molar-refractivity contribution in [3.8, 4) is 17.2 Å². The number of nitrogens with two attached hydrogens (primary N) is 1. The first-order valence-corrected chi connectivity index (χ1v) is 12.1. The third-order valence-corrected chi connectivity index (χ3v) is 6.77. The van der Waals surface area contributed by atoms with E-state index >= 15 is 4.39 Å². The maximum atomic E-state index is 15.0. The highest BCUT2D eigenvalue weighted by Gasteiger charge is 2.54. The SMILES string of the molecule is COc1cc2nccc(Oc3ccc(CC(=O)C4(C(=O)Cc5ccc(F)cc5)CC4)cc3F)c2nc1C(N)=O. The predicted octanol–water partition coefficient (Wildman–Crippen LogP) is 4.51. The molecular formula is C29H23F2N3O5. The first-order valence-electron chi connectivity index (χ1n) is 12.1. The number of Topliss-reactive ketones (excluding diaryl/α,β-unsaturated/α-hetero) is 2. The first kappa shape index (κ1) is 25.9. The zero-order chi connectivity index (χ0) is 27.7. The summed E-state index contributed by atoms with van der Waals surface area (Å²) in [6, 6.07) is 12.6. The Hall–Kier alpha value is -4.73. The molecule has 0 spiro atoms. The van der Waals surface area contributed by atoms with Crippen molar-refractivity contribution in [1.82, 2.24) is 9.97 Å². The standard InChI is InChI=1S/C29H23F2N3O5/c1-38-23-15-20-26(34-27(23)28(32)37)22(8-11-33-20)39-21-7-4-17(12-19(21)31)14-25(36)29(9-10-29)24(35)13-16-2-5-18(30)6-3-16/h2-8,11-12,15H,9-10,13-14H2,1H3,(H2,32,37). The van der Waals surface area contributed by atoms with Gasteiger partial charge in [-0.15, -0.1) is 0 Å². The zero-order valence-electron chi connectivity index (χ0n) is 20.9. The van der Waals surface area contributed by atoms with Gasteiger partial charge in [0.1, 0.15) is 11.3 Å². The van der Waals surface area contributed by atoms with Crippen molar-refractivity contribution in [3.63, 3.8) is 0 Å². The number of benzene rings is 2. The van der Waals surface area contributed by atoms with Gasteiger partial charge in [-0.2, -0.15) is 0 Å². The Morgan fingerprint density at radius 2 is 1.56 bits per heavy atom. The molecule has 1 saturated carbocycles. The van der Waals surface area contributed by atoms with Crippen LogP contribution in [0.1, 0.15) is 34.5 Å². The molecule has 2 aromatic carbocycles. The highest BCUT2D eigenvalue weighted by atomic mass is 19.1. The Morgan fingerprint density at radius 1 is 0.897 bits per heavy atom. The minimum Gasteiger partial charge on any atom is -0.494 e. The van der Waals surface area contributed by atoms with Crippen molar-refractivity contribution in [2.75, 3.05) is 7.11 Å². The van der Waals surface area contributed by atoms with Gasteiger partial charge in [-0.1, -0.05) is 18.2 Å². The van der Waals surface area contributed by atoms with E-state index in [9.17, 15) is 18.8 Å². The molecule has 2 N–H and O–H groups in total. The van der Waals surface area contributed by atoms with Crippen LogP contribution in [0.4, 0.5) is 8.78 Å². The van der Waals surface area contributed by atoms with E-state index in [1.54, 1.807) is 6.07 Å². The Bertz CT molecular complexity index is 1620. The molecule has 0 bridgehead atoms. The minimum atomic E-state index is -1.08. The molecule has 10 heteroatoms. The lowest BCUT2D eigenvalue weighted by molar-refractivity contribution is -0.133. The Kier molecular flexibility index (Phi) is 6.78. The number of aromatic nitrogens is 2. The van der Waals surface area contributed by atoms with Crippen LogP contribution in [-0.4, -0.2) is 34.6 Å². The van der Waals surface area contributed by atoms with Crippen LogP contribution in [0.5, 0.6) is 17.2 Å². The lowest BCUT2D eigenvalue weighted by Crippen LogP contribution is -2.28. The smallest absolute Gasteiger partial charge is 0.271 e. The van der Waals surface area contributed by atoms with E-state index in [1.807, 2.05) is 0 Å². The van der Waals surface area contributed by atoms with Crippen molar-refractivity contribution < 1.29 is 32.6 Å². The van der Waals surface area contributed by atoms with Crippen LogP contribution < -0.4 is 15.2 Å². The van der Waals surface area contributed by atoms with Gasteiger partial charge in [-0.25, -0.2) is 13.8 Å². The van der Waals surface area contributed by atoms with Gasteiger partial charge >= 0.3 is 0 Å². The number of carbonyl (C=O) groups excluding carboxylic acids is 3. The number of hydrogen-bond acceptors (Lipinski definition) is 7. The third-order valence-electron chi connectivity index (χ3n) is 6.77. The fourth-order valence-electron chi connectivity index (χ4n) is 4.45. The van der Waals surface area contributed by atoms with Crippen molar-refractivity contribution in [2.45, 2.75) is 25.7 Å². The number of pyridine rings is 2. The van der Waals surface area contributed by atoms with Gasteiger partial charge in [-0.05, 0) is 48.2 Å². The van der Waals surface area contributed by atoms with Crippen molar-refractivity contribution >= 4 is 28.5 Å². The molecule has 39 heavy (non-hydrogen) atoms. The van der Waals surface area contributed by atoms with Crippen LogP contribution in [0.3, 0.4) is 0 Å². The minimum absolute atomic E-state index is 0.0322. The average Bonchev–Trinajstić information content (AvgIpc) is 3.73. The van der Waals surface area contributed by atoms with Gasteiger partial charge < -0.3 is 15.2 Å². The van der Waals surface area contributed by atoms with Gasteiger partial charge in [0, 0.05) is 31.2 Å². The summed E-state index contributed by atoms with van der Waals surface area (Å²) in [5, 5.41) is 0. The number of ether oxygens (including phenoxy) is 2. The molecule has 1 aliphatic carbocycles. The number of methoxy groups -OCH3 is 1. The second-order valence-corrected chi connectivity index (χ2v) is 9.36. The van der Waals surface area contributed by atoms with Gasteiger partial charge in [0.2, 0.25) is 0 Å². The maximum absolute atomic E-state index is 15.0. The molecule has 4 aromatic rings. The summed E-state index contributed by atoms with van der Waals surface area (Å²) >= 11 is 0. The molecule has 1 amide bonds.